The number of rotatable bonds is 1. The Balaban J connectivity index is 1.81. The van der Waals surface area contributed by atoms with Gasteiger partial charge in [-0.2, -0.15) is 4.98 Å². The summed E-state index contributed by atoms with van der Waals surface area (Å²) in [5.41, 5.74) is 2.06. The number of ether oxygens (including phenoxy) is 1. The van der Waals surface area contributed by atoms with Crippen LogP contribution in [0, 0.1) is 0 Å². The van der Waals surface area contributed by atoms with Crippen LogP contribution in [0.2, 0.25) is 0 Å². The second-order valence-electron chi connectivity index (χ2n) is 4.73. The highest BCUT2D eigenvalue weighted by Crippen LogP contribution is 2.21. The molecule has 2 aromatic rings. The number of aryl methyl sites for hydroxylation is 1. The van der Waals surface area contributed by atoms with Crippen molar-refractivity contribution in [3.8, 4) is 0 Å². The Morgan fingerprint density at radius 2 is 2.11 bits per heavy atom. The highest BCUT2D eigenvalue weighted by atomic mass is 16.5. The van der Waals surface area contributed by atoms with E-state index < -0.39 is 0 Å². The van der Waals surface area contributed by atoms with Crippen molar-refractivity contribution in [2.45, 2.75) is 19.3 Å². The second kappa shape index (κ2) is 3.91. The monoisotopic (exact) mass is 246 g/mol. The van der Waals surface area contributed by atoms with Gasteiger partial charge in [-0.05, 0) is 24.8 Å². The molecule has 0 saturated carbocycles. The molecular weight excluding hydrogens is 230 g/mol. The van der Waals surface area contributed by atoms with Crippen LogP contribution in [0.3, 0.4) is 0 Å². The van der Waals surface area contributed by atoms with Gasteiger partial charge in [0.15, 0.2) is 0 Å². The highest BCUT2D eigenvalue weighted by Gasteiger charge is 2.19. The Kier molecular flexibility index (Phi) is 2.01. The first-order chi connectivity index (χ1) is 9.33. The molecule has 94 valence electrons. The Morgan fingerprint density at radius 1 is 1.22 bits per heavy atom. The lowest BCUT2D eigenvalue weighted by Crippen LogP contribution is -2.36. The first-order valence-corrected chi connectivity index (χ1v) is 6.41. The van der Waals surface area contributed by atoms with Crippen molar-refractivity contribution in [2.24, 2.45) is 0 Å². The van der Waals surface area contributed by atoms with E-state index in [1.54, 1.807) is 4.52 Å². The maximum absolute atomic E-state index is 8.22. The molecule has 6 nitrogen and oxygen atoms in total. The lowest BCUT2D eigenvalue weighted by atomic mass is 10.3. The topological polar surface area (TPSA) is 55.5 Å². The fourth-order valence-corrected chi connectivity index (χ4v) is 2.56. The minimum Gasteiger partial charge on any atom is -0.378 e. The molecule has 0 spiro atoms. The van der Waals surface area contributed by atoms with Crippen LogP contribution in [0.5, 0.6) is 0 Å². The Hall–Kier alpha value is -1.69. The number of hydrogen-bond acceptors (Lipinski definition) is 5. The van der Waals surface area contributed by atoms with Crippen molar-refractivity contribution in [2.75, 3.05) is 31.2 Å². The zero-order chi connectivity index (χ0) is 12.8. The summed E-state index contributed by atoms with van der Waals surface area (Å²) in [4.78, 5) is 11.1. The average molecular weight is 246 g/mol. The molecule has 1 saturated heterocycles. The molecule has 18 heavy (non-hydrogen) atoms. The first-order valence-electron chi connectivity index (χ1n) is 6.91. The third-order valence-corrected chi connectivity index (χ3v) is 3.54. The molecule has 0 N–H and O–H groups in total. The van der Waals surface area contributed by atoms with Gasteiger partial charge < -0.3 is 9.64 Å². The van der Waals surface area contributed by atoms with Gasteiger partial charge in [0.25, 0.3) is 5.78 Å². The summed E-state index contributed by atoms with van der Waals surface area (Å²) in [7, 11) is 0. The standard InChI is InChI=1S/C12H15N5O/c1-2-9-8-17-11(13-10(9)3-1)14-12(15-17)16-4-6-18-7-5-16/h8H,1-7H2/i8D. The van der Waals surface area contributed by atoms with Crippen LogP contribution < -0.4 is 4.90 Å². The van der Waals surface area contributed by atoms with E-state index in [2.05, 4.69) is 20.0 Å². The fraction of sp³-hybridized carbons (Fsp3) is 0.583. The Morgan fingerprint density at radius 3 is 3.00 bits per heavy atom. The van der Waals surface area contributed by atoms with Crippen molar-refractivity contribution in [1.82, 2.24) is 19.6 Å². The van der Waals surface area contributed by atoms with Crippen LogP contribution >= 0.6 is 0 Å². The second-order valence-corrected chi connectivity index (χ2v) is 4.73. The van der Waals surface area contributed by atoms with Gasteiger partial charge in [-0.3, -0.25) is 0 Å². The number of fused-ring (bicyclic) bond motifs is 2. The van der Waals surface area contributed by atoms with Crippen molar-refractivity contribution in [3.63, 3.8) is 0 Å². The largest absolute Gasteiger partial charge is 0.378 e. The maximum Gasteiger partial charge on any atom is 0.254 e. The van der Waals surface area contributed by atoms with Gasteiger partial charge in [-0.1, -0.05) is 0 Å². The van der Waals surface area contributed by atoms with E-state index in [1.807, 2.05) is 0 Å². The lowest BCUT2D eigenvalue weighted by molar-refractivity contribution is 0.122. The number of nitrogens with zero attached hydrogens (tertiary/aromatic N) is 5. The molecule has 0 aromatic carbocycles. The Bertz CT molecular complexity index is 635. The first kappa shape index (κ1) is 9.27. The van der Waals surface area contributed by atoms with E-state index >= 15 is 0 Å². The average Bonchev–Trinajstić information content (AvgIpc) is 3.06. The van der Waals surface area contributed by atoms with Crippen LogP contribution in [0.15, 0.2) is 6.17 Å². The van der Waals surface area contributed by atoms with Crippen LogP contribution in [0.1, 0.15) is 19.0 Å². The van der Waals surface area contributed by atoms with Gasteiger partial charge in [0, 0.05) is 25.0 Å². The predicted molar refractivity (Wildman–Crippen MR) is 65.8 cm³/mol. The summed E-state index contributed by atoms with van der Waals surface area (Å²) >= 11 is 0. The van der Waals surface area contributed by atoms with E-state index in [1.165, 1.54) is 0 Å². The van der Waals surface area contributed by atoms with Crippen molar-refractivity contribution in [1.29, 1.82) is 0 Å². The summed E-state index contributed by atoms with van der Waals surface area (Å²) in [6, 6.07) is 0. The summed E-state index contributed by atoms with van der Waals surface area (Å²) in [6.45, 7) is 2.99. The van der Waals surface area contributed by atoms with Crippen molar-refractivity contribution >= 4 is 11.7 Å². The molecule has 0 unspecified atom stereocenters. The summed E-state index contributed by atoms with van der Waals surface area (Å²) in [6.07, 6.45) is 3.42. The SMILES string of the molecule is [2H]c1c2c(nc3nc(N4CCOCC4)nn13)CCC2. The van der Waals surface area contributed by atoms with Gasteiger partial charge in [-0.15, -0.1) is 5.10 Å². The van der Waals surface area contributed by atoms with E-state index in [0.717, 1.165) is 43.6 Å². The molecule has 3 heterocycles. The van der Waals surface area contributed by atoms with Crippen LogP contribution in [0.4, 0.5) is 5.95 Å². The maximum atomic E-state index is 8.22. The number of hydrogen-bond donors (Lipinski definition) is 0. The van der Waals surface area contributed by atoms with Crippen LogP contribution in [0.25, 0.3) is 5.78 Å². The molecule has 2 aliphatic rings. The molecule has 1 aliphatic carbocycles. The summed E-state index contributed by atoms with van der Waals surface area (Å²) in [5, 5.41) is 4.44. The van der Waals surface area contributed by atoms with E-state index in [-0.39, 0.29) is 0 Å². The molecular formula is C12H15N5O. The van der Waals surface area contributed by atoms with E-state index in [0.29, 0.717) is 31.1 Å². The number of morpholine rings is 1. The fourth-order valence-electron chi connectivity index (χ4n) is 2.56. The van der Waals surface area contributed by atoms with Gasteiger partial charge in [0.05, 0.1) is 14.6 Å². The molecule has 4 rings (SSSR count). The van der Waals surface area contributed by atoms with Gasteiger partial charge in [-0.25, -0.2) is 9.50 Å². The molecule has 2 aromatic heterocycles. The molecule has 1 aliphatic heterocycles. The highest BCUT2D eigenvalue weighted by molar-refractivity contribution is 5.42. The van der Waals surface area contributed by atoms with E-state index in [4.69, 9.17) is 6.11 Å². The zero-order valence-electron chi connectivity index (χ0n) is 11.1. The van der Waals surface area contributed by atoms with Gasteiger partial charge in [0.2, 0.25) is 5.95 Å². The molecule has 6 heteroatoms. The number of aromatic nitrogens is 4. The van der Waals surface area contributed by atoms with E-state index in [9.17, 15) is 0 Å². The zero-order valence-corrected chi connectivity index (χ0v) is 10.1. The van der Waals surface area contributed by atoms with Gasteiger partial charge in [0.1, 0.15) is 0 Å². The third-order valence-electron chi connectivity index (χ3n) is 3.54. The van der Waals surface area contributed by atoms with Gasteiger partial charge >= 0.3 is 0 Å². The molecule has 0 radical (unpaired) electrons. The van der Waals surface area contributed by atoms with Crippen molar-refractivity contribution in [3.05, 3.63) is 17.4 Å². The quantitative estimate of drug-likeness (QED) is 0.731. The Labute approximate surface area is 106 Å². The summed E-state index contributed by atoms with van der Waals surface area (Å²) in [5.74, 6) is 1.21. The molecule has 1 fully saturated rings. The van der Waals surface area contributed by atoms with Crippen LogP contribution in [-0.4, -0.2) is 45.9 Å². The lowest BCUT2D eigenvalue weighted by Gasteiger charge is -2.25. The molecule has 0 amide bonds. The molecule has 0 bridgehead atoms. The summed E-state index contributed by atoms with van der Waals surface area (Å²) < 4.78 is 15.1. The van der Waals surface area contributed by atoms with Crippen LogP contribution in [-0.2, 0) is 17.6 Å². The predicted octanol–water partition coefficient (Wildman–Crippen LogP) is 0.450. The van der Waals surface area contributed by atoms with Crippen molar-refractivity contribution < 1.29 is 6.11 Å². The smallest absolute Gasteiger partial charge is 0.254 e. The third kappa shape index (κ3) is 1.56. The minimum atomic E-state index is 0.449. The normalized spacial score (nSPS) is 20.2. The molecule has 0 atom stereocenters. The number of anilines is 1. The minimum absolute atomic E-state index is 0.449.